The lowest BCUT2D eigenvalue weighted by molar-refractivity contribution is -0.127. The lowest BCUT2D eigenvalue weighted by Gasteiger charge is -2.16. The van der Waals surface area contributed by atoms with E-state index in [-0.39, 0.29) is 19.1 Å². The molecule has 0 fully saturated rings. The highest BCUT2D eigenvalue weighted by atomic mass is 35.5. The Labute approximate surface area is 205 Å². The van der Waals surface area contributed by atoms with Gasteiger partial charge in [-0.05, 0) is 55.5 Å². The third-order valence-electron chi connectivity index (χ3n) is 4.80. The highest BCUT2D eigenvalue weighted by Crippen LogP contribution is 2.28. The van der Waals surface area contributed by atoms with Crippen LogP contribution < -0.4 is 19.5 Å². The van der Waals surface area contributed by atoms with Gasteiger partial charge in [-0.15, -0.1) is 15.3 Å². The molecule has 0 saturated heterocycles. The van der Waals surface area contributed by atoms with Gasteiger partial charge in [0.1, 0.15) is 18.1 Å². The fraction of sp³-hybridized carbons (Fsp3) is 0.217. The minimum Gasteiger partial charge on any atom is -0.497 e. The molecular formula is C23H21Cl2N5O4. The Balaban J connectivity index is 1.32. The predicted octanol–water partition coefficient (Wildman–Crippen LogP) is 4.07. The summed E-state index contributed by atoms with van der Waals surface area (Å²) in [6, 6.07) is 15.7. The van der Waals surface area contributed by atoms with Crippen LogP contribution in [0.25, 0.3) is 17.0 Å². The van der Waals surface area contributed by atoms with Crippen LogP contribution in [0.15, 0.2) is 54.6 Å². The monoisotopic (exact) mass is 501 g/mol. The van der Waals surface area contributed by atoms with Crippen LogP contribution in [-0.2, 0) is 4.79 Å². The van der Waals surface area contributed by atoms with Crippen LogP contribution in [0.1, 0.15) is 6.92 Å². The zero-order valence-corrected chi connectivity index (χ0v) is 19.9. The highest BCUT2D eigenvalue weighted by molar-refractivity contribution is 6.35. The van der Waals surface area contributed by atoms with Gasteiger partial charge in [-0.1, -0.05) is 23.2 Å². The van der Waals surface area contributed by atoms with Crippen LogP contribution in [0.4, 0.5) is 0 Å². The molecule has 0 saturated carbocycles. The van der Waals surface area contributed by atoms with Crippen molar-refractivity contribution < 1.29 is 19.0 Å². The Morgan fingerprint density at radius 1 is 1.09 bits per heavy atom. The summed E-state index contributed by atoms with van der Waals surface area (Å²) in [6.07, 6.45) is -0.753. The SMILES string of the molecule is COc1ccc(-c2nnc3ccc(OCCNC(=O)C(C)Oc4ccc(Cl)cc4Cl)nn23)cc1. The van der Waals surface area contributed by atoms with Gasteiger partial charge in [0.15, 0.2) is 17.6 Å². The summed E-state index contributed by atoms with van der Waals surface area (Å²) >= 11 is 12.0. The summed E-state index contributed by atoms with van der Waals surface area (Å²) in [6.45, 7) is 2.09. The third kappa shape index (κ3) is 5.49. The molecule has 9 nitrogen and oxygen atoms in total. The first-order valence-corrected chi connectivity index (χ1v) is 11.1. The molecule has 1 N–H and O–H groups in total. The lowest BCUT2D eigenvalue weighted by atomic mass is 10.2. The van der Waals surface area contributed by atoms with Crippen molar-refractivity contribution in [1.29, 1.82) is 0 Å². The van der Waals surface area contributed by atoms with Crippen LogP contribution in [0, 0.1) is 0 Å². The number of carbonyl (C=O) groups excluding carboxylic acids is 1. The molecule has 1 unspecified atom stereocenters. The van der Waals surface area contributed by atoms with Crippen molar-refractivity contribution in [3.8, 4) is 28.8 Å². The summed E-state index contributed by atoms with van der Waals surface area (Å²) < 4.78 is 18.1. The molecule has 176 valence electrons. The highest BCUT2D eigenvalue weighted by Gasteiger charge is 2.16. The molecule has 0 aliphatic heterocycles. The van der Waals surface area contributed by atoms with E-state index in [0.717, 1.165) is 11.3 Å². The molecule has 2 aromatic heterocycles. The number of fused-ring (bicyclic) bond motifs is 1. The van der Waals surface area contributed by atoms with Gasteiger partial charge in [-0.25, -0.2) is 0 Å². The number of methoxy groups -OCH3 is 1. The molecule has 1 amide bonds. The van der Waals surface area contributed by atoms with Crippen LogP contribution in [-0.4, -0.2) is 52.1 Å². The quantitative estimate of drug-likeness (QED) is 0.345. The van der Waals surface area contributed by atoms with E-state index in [2.05, 4.69) is 20.6 Å². The maximum absolute atomic E-state index is 12.3. The molecule has 4 aromatic rings. The second-order valence-electron chi connectivity index (χ2n) is 7.17. The van der Waals surface area contributed by atoms with Gasteiger partial charge in [0.05, 0.1) is 18.7 Å². The van der Waals surface area contributed by atoms with E-state index in [0.29, 0.717) is 33.1 Å². The van der Waals surface area contributed by atoms with Gasteiger partial charge in [0.2, 0.25) is 5.88 Å². The Bertz CT molecular complexity index is 1300. The molecule has 0 aliphatic rings. The molecule has 1 atom stereocenters. The van der Waals surface area contributed by atoms with Gasteiger partial charge >= 0.3 is 0 Å². The van der Waals surface area contributed by atoms with E-state index < -0.39 is 6.10 Å². The maximum Gasteiger partial charge on any atom is 0.260 e. The standard InChI is InChI=1S/C23H21Cl2N5O4/c1-14(34-19-8-5-16(24)13-18(19)25)23(31)26-11-12-33-21-10-9-20-27-28-22(30(20)29-21)15-3-6-17(32-2)7-4-15/h3-10,13-14H,11-12H2,1-2H3,(H,26,31). The first kappa shape index (κ1) is 23.6. The molecule has 34 heavy (non-hydrogen) atoms. The molecule has 2 heterocycles. The molecule has 0 bridgehead atoms. The van der Waals surface area contributed by atoms with Crippen molar-refractivity contribution >= 4 is 34.8 Å². The smallest absolute Gasteiger partial charge is 0.260 e. The normalized spacial score (nSPS) is 11.8. The Hall–Kier alpha value is -3.56. The van der Waals surface area contributed by atoms with Crippen LogP contribution >= 0.6 is 23.2 Å². The number of aromatic nitrogens is 4. The van der Waals surface area contributed by atoms with E-state index in [1.165, 1.54) is 0 Å². The number of benzene rings is 2. The molecule has 0 aliphatic carbocycles. The first-order chi connectivity index (χ1) is 16.4. The topological polar surface area (TPSA) is 99.9 Å². The Morgan fingerprint density at radius 2 is 1.88 bits per heavy atom. The molecule has 2 aromatic carbocycles. The predicted molar refractivity (Wildman–Crippen MR) is 128 cm³/mol. The van der Waals surface area contributed by atoms with Crippen molar-refractivity contribution in [2.24, 2.45) is 0 Å². The van der Waals surface area contributed by atoms with Crippen LogP contribution in [0.2, 0.25) is 10.0 Å². The maximum atomic E-state index is 12.3. The van der Waals surface area contributed by atoms with Crippen LogP contribution in [0.5, 0.6) is 17.4 Å². The van der Waals surface area contributed by atoms with E-state index in [1.54, 1.807) is 48.9 Å². The zero-order valence-electron chi connectivity index (χ0n) is 18.4. The number of hydrogen-bond donors (Lipinski definition) is 1. The van der Waals surface area contributed by atoms with Gasteiger partial charge in [0, 0.05) is 16.7 Å². The van der Waals surface area contributed by atoms with Crippen molar-refractivity contribution in [3.05, 3.63) is 64.6 Å². The van der Waals surface area contributed by atoms with E-state index in [4.69, 9.17) is 37.4 Å². The number of nitrogens with one attached hydrogen (secondary N) is 1. The largest absolute Gasteiger partial charge is 0.497 e. The Morgan fingerprint density at radius 3 is 2.62 bits per heavy atom. The number of hydrogen-bond acceptors (Lipinski definition) is 7. The molecular weight excluding hydrogens is 481 g/mol. The summed E-state index contributed by atoms with van der Waals surface area (Å²) in [7, 11) is 1.61. The number of carbonyl (C=O) groups is 1. The lowest BCUT2D eigenvalue weighted by Crippen LogP contribution is -2.38. The molecule has 4 rings (SSSR count). The summed E-state index contributed by atoms with van der Waals surface area (Å²) in [5, 5.41) is 16.4. The minimum atomic E-state index is -0.753. The van der Waals surface area contributed by atoms with Crippen molar-refractivity contribution in [3.63, 3.8) is 0 Å². The zero-order chi connectivity index (χ0) is 24.1. The number of nitrogens with zero attached hydrogens (tertiary/aromatic N) is 4. The van der Waals surface area contributed by atoms with Gasteiger partial charge in [0.25, 0.3) is 5.91 Å². The molecule has 11 heteroatoms. The third-order valence-corrected chi connectivity index (χ3v) is 5.34. The van der Waals surface area contributed by atoms with Gasteiger partial charge in [-0.2, -0.15) is 4.52 Å². The molecule has 0 radical (unpaired) electrons. The van der Waals surface area contributed by atoms with Crippen molar-refractivity contribution in [2.75, 3.05) is 20.3 Å². The van der Waals surface area contributed by atoms with Gasteiger partial charge < -0.3 is 19.5 Å². The van der Waals surface area contributed by atoms with Gasteiger partial charge in [-0.3, -0.25) is 4.79 Å². The number of halogens is 2. The number of rotatable bonds is 9. The van der Waals surface area contributed by atoms with Crippen LogP contribution in [0.3, 0.4) is 0 Å². The minimum absolute atomic E-state index is 0.207. The van der Waals surface area contributed by atoms with Crippen molar-refractivity contribution in [1.82, 2.24) is 25.1 Å². The fourth-order valence-electron chi connectivity index (χ4n) is 3.06. The van der Waals surface area contributed by atoms with E-state index in [9.17, 15) is 4.79 Å². The molecule has 0 spiro atoms. The van der Waals surface area contributed by atoms with Crippen molar-refractivity contribution in [2.45, 2.75) is 13.0 Å². The number of amides is 1. The average molecular weight is 502 g/mol. The Kier molecular flexibility index (Phi) is 7.34. The number of ether oxygens (including phenoxy) is 3. The van der Waals surface area contributed by atoms with E-state index >= 15 is 0 Å². The average Bonchev–Trinajstić information content (AvgIpc) is 3.26. The second-order valence-corrected chi connectivity index (χ2v) is 8.01. The summed E-state index contributed by atoms with van der Waals surface area (Å²) in [5.74, 6) is 1.76. The summed E-state index contributed by atoms with van der Waals surface area (Å²) in [5.41, 5.74) is 1.42. The van der Waals surface area contributed by atoms with E-state index in [1.807, 2.05) is 24.3 Å². The second kappa shape index (κ2) is 10.6. The first-order valence-electron chi connectivity index (χ1n) is 10.3. The summed E-state index contributed by atoms with van der Waals surface area (Å²) in [4.78, 5) is 12.3. The fourth-order valence-corrected chi connectivity index (χ4v) is 3.51.